The van der Waals surface area contributed by atoms with Crippen molar-refractivity contribution in [1.29, 1.82) is 0 Å². The van der Waals surface area contributed by atoms with Crippen LogP contribution >= 0.6 is 0 Å². The number of likely N-dealkylation sites (N-methyl/N-ethyl adjacent to an activating group) is 1. The van der Waals surface area contributed by atoms with Crippen molar-refractivity contribution >= 4 is 54.7 Å². The van der Waals surface area contributed by atoms with Gasteiger partial charge in [-0.15, -0.1) is 0 Å². The Morgan fingerprint density at radius 1 is 0.603 bits per heavy atom. The van der Waals surface area contributed by atoms with Crippen molar-refractivity contribution < 1.29 is 83.5 Å². The molecule has 0 amide bonds. The first kappa shape index (κ1) is 50.6. The van der Waals surface area contributed by atoms with E-state index in [0.29, 0.717) is 23.3 Å². The summed E-state index contributed by atoms with van der Waals surface area (Å²) < 4.78 is 219. The second-order valence-corrected chi connectivity index (χ2v) is 18.6. The Bertz CT molecular complexity index is 2550. The van der Waals surface area contributed by atoms with Crippen molar-refractivity contribution in [3.8, 4) is 17.6 Å². The maximum atomic E-state index is 15.6. The van der Waals surface area contributed by atoms with E-state index in [-0.39, 0.29) is 48.3 Å². The minimum absolute atomic E-state index is 0.0143. The maximum Gasteiger partial charge on any atom is 0.265 e. The molecule has 0 saturated carbocycles. The molecule has 4 rings (SSSR count). The first-order chi connectivity index (χ1) is 29.1. The molecule has 4 aromatic carbocycles. The van der Waals surface area contributed by atoms with Gasteiger partial charge < -0.3 is 13.7 Å². The molecule has 0 heterocycles. The predicted molar refractivity (Wildman–Crippen MR) is 212 cm³/mol. The van der Waals surface area contributed by atoms with Crippen LogP contribution in [0.3, 0.4) is 0 Å². The molecule has 0 aromatic heterocycles. The Morgan fingerprint density at radius 3 is 1.51 bits per heavy atom. The summed E-state index contributed by atoms with van der Waals surface area (Å²) >= 11 is 0. The van der Waals surface area contributed by atoms with Gasteiger partial charge in [-0.05, 0) is 53.8 Å². The first-order valence-electron chi connectivity index (χ1n) is 18.5. The maximum absolute atomic E-state index is 15.6. The van der Waals surface area contributed by atoms with Gasteiger partial charge in [0.1, 0.15) is 25.4 Å². The summed E-state index contributed by atoms with van der Waals surface area (Å²) in [6.07, 6.45) is 0.204. The zero-order chi connectivity index (χ0) is 47.2. The lowest BCUT2D eigenvalue weighted by Crippen LogP contribution is -2.58. The highest BCUT2D eigenvalue weighted by molar-refractivity contribution is 7.86. The number of nitrogens with zero attached hydrogens (tertiary/aromatic N) is 4. The van der Waals surface area contributed by atoms with Crippen LogP contribution in [0, 0.1) is 70.0 Å². The van der Waals surface area contributed by atoms with Gasteiger partial charge in [-0.1, -0.05) is 5.92 Å². The van der Waals surface area contributed by atoms with E-state index < -0.39 is 119 Å². The Kier molecular flexibility index (Phi) is 16.2. The molecule has 0 aliphatic carbocycles. The van der Waals surface area contributed by atoms with Gasteiger partial charge in [-0.2, -0.15) is 27.1 Å². The van der Waals surface area contributed by atoms with Crippen LogP contribution in [-0.4, -0.2) is 114 Å². The van der Waals surface area contributed by atoms with Crippen molar-refractivity contribution in [1.82, 2.24) is 0 Å². The molecule has 0 aliphatic rings. The third-order valence-corrected chi connectivity index (χ3v) is 11.2. The van der Waals surface area contributed by atoms with Crippen LogP contribution in [-0.2, 0) is 20.2 Å². The lowest BCUT2D eigenvalue weighted by atomic mass is 9.35. The number of halogens is 10. The Labute approximate surface area is 356 Å². The summed E-state index contributed by atoms with van der Waals surface area (Å²) in [7, 11) is -1.50. The molecule has 63 heavy (non-hydrogen) atoms. The smallest absolute Gasteiger partial charge is 0.265 e. The molecule has 0 unspecified atom stereocenters. The fourth-order valence-electron chi connectivity index (χ4n) is 6.19. The molecular weight excluding hydrogens is 901 g/mol. The number of hydrogen-bond donors (Lipinski definition) is 2. The monoisotopic (exact) mass is 940 g/mol. The zero-order valence-corrected chi connectivity index (χ0v) is 35.4. The SMILES string of the molecule is C[N+](C)(CC#Cc1ccc(N=Nc2ccc(OCC[N+](C)(C)CCCS(=O)(=O)O)cc2)c(B(c2c(F)c(F)c(F)c(F)c2F)c2c(F)c(F)c(F)c(F)c2F)c1)CCCS(=O)(=O)O. The fraction of sp³-hybridized carbons (Fsp3) is 0.333. The topological polar surface area (TPSA) is 143 Å². The van der Waals surface area contributed by atoms with E-state index in [2.05, 4.69) is 22.1 Å². The van der Waals surface area contributed by atoms with Crippen molar-refractivity contribution in [3.05, 3.63) is 106 Å². The average Bonchev–Trinajstić information content (AvgIpc) is 3.18. The van der Waals surface area contributed by atoms with E-state index in [0.717, 1.165) is 12.1 Å². The van der Waals surface area contributed by atoms with Crippen molar-refractivity contribution in [3.63, 3.8) is 0 Å². The van der Waals surface area contributed by atoms with Crippen molar-refractivity contribution in [2.24, 2.45) is 10.2 Å². The second kappa shape index (κ2) is 20.2. The highest BCUT2D eigenvalue weighted by Gasteiger charge is 2.42. The third-order valence-electron chi connectivity index (χ3n) is 9.55. The lowest BCUT2D eigenvalue weighted by Gasteiger charge is -2.29. The van der Waals surface area contributed by atoms with E-state index in [1.54, 1.807) is 14.1 Å². The van der Waals surface area contributed by atoms with Gasteiger partial charge in [0.15, 0.2) is 58.2 Å². The molecule has 0 bridgehead atoms. The average molecular weight is 941 g/mol. The molecule has 0 aliphatic heterocycles. The van der Waals surface area contributed by atoms with E-state index in [9.17, 15) is 43.2 Å². The van der Waals surface area contributed by atoms with Gasteiger partial charge in [0, 0.05) is 29.3 Å². The molecule has 0 radical (unpaired) electrons. The van der Waals surface area contributed by atoms with Crippen LogP contribution in [0.4, 0.5) is 55.3 Å². The largest absolute Gasteiger partial charge is 0.488 e. The molecular formula is C39H39BF10N4O7S2+2. The van der Waals surface area contributed by atoms with E-state index in [1.165, 1.54) is 30.3 Å². The highest BCUT2D eigenvalue weighted by atomic mass is 32.2. The summed E-state index contributed by atoms with van der Waals surface area (Å²) in [6.45, 7) is -1.89. The third kappa shape index (κ3) is 13.5. The standard InChI is InChI=1S/C39H37BF10N4O7S2/c1-53(2,16-6-20-62(55,56)57)15-5-8-23-9-14-27(52-51-24-10-12-25(13-11-24)61-19-18-54(3,4)17-7-21-63(58,59)60)26(22-23)40(28-30(41)34(45)38(49)35(46)31(28)42)29-32(43)36(47)39(50)37(48)33(29)44/h9-14,22H,6-7,15-21H2,1-4H3/p+2. The number of benzene rings is 4. The van der Waals surface area contributed by atoms with Gasteiger partial charge in [0.2, 0.25) is 0 Å². The van der Waals surface area contributed by atoms with Gasteiger partial charge in [0.25, 0.3) is 26.9 Å². The number of quaternary nitrogens is 2. The minimum atomic E-state index is -4.27. The van der Waals surface area contributed by atoms with Crippen molar-refractivity contribution in [2.45, 2.75) is 12.8 Å². The Morgan fingerprint density at radius 2 is 1.05 bits per heavy atom. The molecule has 0 spiro atoms. The molecule has 0 saturated heterocycles. The summed E-state index contributed by atoms with van der Waals surface area (Å²) in [5.74, 6) is -21.8. The molecule has 11 nitrogen and oxygen atoms in total. The van der Waals surface area contributed by atoms with Crippen LogP contribution in [0.15, 0.2) is 52.7 Å². The van der Waals surface area contributed by atoms with Crippen LogP contribution in [0.2, 0.25) is 0 Å². The molecule has 340 valence electrons. The zero-order valence-electron chi connectivity index (χ0n) is 33.8. The number of rotatable bonds is 18. The molecule has 24 heteroatoms. The lowest BCUT2D eigenvalue weighted by molar-refractivity contribution is -0.890. The molecule has 0 fully saturated rings. The highest BCUT2D eigenvalue weighted by Crippen LogP contribution is 2.25. The fourth-order valence-corrected chi connectivity index (χ4v) is 7.18. The number of ether oxygens (including phenoxy) is 1. The first-order valence-corrected chi connectivity index (χ1v) is 21.7. The summed E-state index contributed by atoms with van der Waals surface area (Å²) in [5, 5.41) is 7.95. The van der Waals surface area contributed by atoms with Crippen LogP contribution in [0.25, 0.3) is 0 Å². The molecule has 0 atom stereocenters. The van der Waals surface area contributed by atoms with E-state index >= 15 is 17.6 Å². The van der Waals surface area contributed by atoms with E-state index in [1.807, 2.05) is 14.1 Å². The predicted octanol–water partition coefficient (Wildman–Crippen LogP) is 5.45. The number of azo groups is 1. The Hall–Kier alpha value is -5.06. The quantitative estimate of drug-likeness (QED) is 0.0198. The van der Waals surface area contributed by atoms with Gasteiger partial charge in [-0.3, -0.25) is 9.11 Å². The van der Waals surface area contributed by atoms with Crippen LogP contribution in [0.5, 0.6) is 5.75 Å². The second-order valence-electron chi connectivity index (χ2n) is 15.5. The van der Waals surface area contributed by atoms with Gasteiger partial charge in [0.05, 0.1) is 64.2 Å². The summed E-state index contributed by atoms with van der Waals surface area (Å²) in [6, 6.07) is 8.58. The van der Waals surface area contributed by atoms with Gasteiger partial charge in [-0.25, -0.2) is 43.9 Å². The number of hydrogen-bond acceptors (Lipinski definition) is 7. The van der Waals surface area contributed by atoms with Crippen LogP contribution < -0.4 is 21.1 Å². The van der Waals surface area contributed by atoms with E-state index in [4.69, 9.17) is 13.8 Å². The summed E-state index contributed by atoms with van der Waals surface area (Å²) in [5.41, 5.74) is -5.66. The molecule has 2 N–H and O–H groups in total. The Balaban J connectivity index is 1.82. The van der Waals surface area contributed by atoms with Gasteiger partial charge >= 0.3 is 0 Å². The minimum Gasteiger partial charge on any atom is -0.488 e. The van der Waals surface area contributed by atoms with Crippen molar-refractivity contribution in [2.75, 3.05) is 72.5 Å². The molecule has 4 aromatic rings. The normalized spacial score (nSPS) is 12.4. The summed E-state index contributed by atoms with van der Waals surface area (Å²) in [4.78, 5) is 0. The van der Waals surface area contributed by atoms with Crippen LogP contribution in [0.1, 0.15) is 18.4 Å².